The van der Waals surface area contributed by atoms with E-state index in [0.717, 1.165) is 0 Å². The quantitative estimate of drug-likeness (QED) is 0.597. The second-order valence-electron chi connectivity index (χ2n) is 2.60. The average molecular weight is 164 g/mol. The summed E-state index contributed by atoms with van der Waals surface area (Å²) in [6, 6.07) is 0. The molecule has 0 saturated carbocycles. The Balaban J connectivity index is 3.94. The van der Waals surface area contributed by atoms with Gasteiger partial charge in [-0.2, -0.15) is 0 Å². The number of hydrogen-bond acceptors (Lipinski definition) is 2. The molecule has 0 N–H and O–H groups in total. The lowest BCUT2D eigenvalue weighted by atomic mass is 10.5. The van der Waals surface area contributed by atoms with Crippen LogP contribution in [0.5, 0.6) is 0 Å². The molecule has 10 heavy (non-hydrogen) atoms. The SMILES string of the molecule is CCP(=O)(CC)OC(C)C. The largest absolute Gasteiger partial charge is 0.326 e. The molecule has 0 aliphatic carbocycles. The Morgan fingerprint density at radius 1 is 1.30 bits per heavy atom. The molecule has 0 fully saturated rings. The molecule has 0 spiro atoms. The summed E-state index contributed by atoms with van der Waals surface area (Å²) in [5, 5.41) is 0. The van der Waals surface area contributed by atoms with Crippen LogP contribution in [-0.4, -0.2) is 18.4 Å². The fourth-order valence-corrected chi connectivity index (χ4v) is 2.27. The Labute approximate surface area is 63.4 Å². The maximum atomic E-state index is 11.5. The molecule has 0 saturated heterocycles. The second kappa shape index (κ2) is 4.15. The highest BCUT2D eigenvalue weighted by molar-refractivity contribution is 7.58. The third-order valence-corrected chi connectivity index (χ3v) is 4.10. The topological polar surface area (TPSA) is 26.3 Å². The van der Waals surface area contributed by atoms with Crippen LogP contribution in [0.25, 0.3) is 0 Å². The molecule has 0 heterocycles. The minimum atomic E-state index is -2.24. The van der Waals surface area contributed by atoms with Crippen molar-refractivity contribution in [2.24, 2.45) is 0 Å². The highest BCUT2D eigenvalue weighted by Gasteiger charge is 2.18. The predicted molar refractivity (Wildman–Crippen MR) is 44.9 cm³/mol. The summed E-state index contributed by atoms with van der Waals surface area (Å²) >= 11 is 0. The lowest BCUT2D eigenvalue weighted by Crippen LogP contribution is -2.03. The number of hydrogen-bond donors (Lipinski definition) is 0. The van der Waals surface area contributed by atoms with Crippen molar-refractivity contribution in [1.29, 1.82) is 0 Å². The molecule has 0 aromatic carbocycles. The smallest absolute Gasteiger partial charge is 0.202 e. The minimum Gasteiger partial charge on any atom is -0.326 e. The average Bonchev–Trinajstić information content (AvgIpc) is 1.87. The third-order valence-electron chi connectivity index (χ3n) is 1.37. The first kappa shape index (κ1) is 10.2. The van der Waals surface area contributed by atoms with Crippen LogP contribution in [0, 0.1) is 0 Å². The Hall–Kier alpha value is 0.190. The van der Waals surface area contributed by atoms with Gasteiger partial charge in [0.25, 0.3) is 0 Å². The van der Waals surface area contributed by atoms with Crippen molar-refractivity contribution in [1.82, 2.24) is 0 Å². The van der Waals surface area contributed by atoms with Crippen molar-refractivity contribution >= 4 is 7.37 Å². The van der Waals surface area contributed by atoms with Crippen LogP contribution in [0.2, 0.25) is 0 Å². The summed E-state index contributed by atoms with van der Waals surface area (Å²) in [7, 11) is -2.24. The molecule has 3 heteroatoms. The first-order valence-corrected chi connectivity index (χ1v) is 5.80. The summed E-state index contributed by atoms with van der Waals surface area (Å²) in [5.41, 5.74) is 0. The summed E-state index contributed by atoms with van der Waals surface area (Å²) in [6.45, 7) is 7.65. The van der Waals surface area contributed by atoms with Gasteiger partial charge in [0.2, 0.25) is 7.37 Å². The molecule has 0 atom stereocenters. The lowest BCUT2D eigenvalue weighted by Gasteiger charge is -2.17. The Bertz CT molecular complexity index is 124. The molecule has 0 radical (unpaired) electrons. The highest BCUT2D eigenvalue weighted by atomic mass is 31.2. The van der Waals surface area contributed by atoms with Crippen molar-refractivity contribution < 1.29 is 9.09 Å². The molecular weight excluding hydrogens is 147 g/mol. The zero-order chi connectivity index (χ0) is 8.20. The minimum absolute atomic E-state index is 0.0886. The number of rotatable bonds is 4. The lowest BCUT2D eigenvalue weighted by molar-refractivity contribution is 0.244. The first-order valence-electron chi connectivity index (χ1n) is 3.80. The van der Waals surface area contributed by atoms with Gasteiger partial charge in [0.05, 0.1) is 6.10 Å². The second-order valence-corrected chi connectivity index (χ2v) is 5.71. The van der Waals surface area contributed by atoms with E-state index in [-0.39, 0.29) is 6.10 Å². The standard InChI is InChI=1S/C7H17O2P/c1-5-10(8,6-2)9-7(3)4/h7H,5-6H2,1-4H3. The Morgan fingerprint density at radius 3 is 1.80 bits per heavy atom. The third kappa shape index (κ3) is 3.38. The summed E-state index contributed by atoms with van der Waals surface area (Å²) in [5.74, 6) is 0. The molecule has 0 aliphatic rings. The van der Waals surface area contributed by atoms with Gasteiger partial charge < -0.3 is 4.52 Å². The van der Waals surface area contributed by atoms with E-state index < -0.39 is 7.37 Å². The van der Waals surface area contributed by atoms with Crippen LogP contribution < -0.4 is 0 Å². The van der Waals surface area contributed by atoms with Crippen molar-refractivity contribution in [2.45, 2.75) is 33.8 Å². The molecule has 0 rings (SSSR count). The Kier molecular flexibility index (Phi) is 4.23. The maximum Gasteiger partial charge on any atom is 0.202 e. The molecule has 0 aliphatic heterocycles. The van der Waals surface area contributed by atoms with Gasteiger partial charge in [-0.05, 0) is 13.8 Å². The van der Waals surface area contributed by atoms with E-state index in [9.17, 15) is 4.57 Å². The molecule has 62 valence electrons. The zero-order valence-electron chi connectivity index (χ0n) is 7.26. The van der Waals surface area contributed by atoms with E-state index >= 15 is 0 Å². The zero-order valence-corrected chi connectivity index (χ0v) is 8.15. The molecule has 0 aromatic heterocycles. The fourth-order valence-electron chi connectivity index (χ4n) is 0.757. The summed E-state index contributed by atoms with van der Waals surface area (Å²) in [4.78, 5) is 0. The van der Waals surface area contributed by atoms with Crippen LogP contribution >= 0.6 is 7.37 Å². The van der Waals surface area contributed by atoms with E-state index in [4.69, 9.17) is 4.52 Å². The van der Waals surface area contributed by atoms with Gasteiger partial charge in [-0.3, -0.25) is 4.57 Å². The molecular formula is C7H17O2P. The summed E-state index contributed by atoms with van der Waals surface area (Å²) < 4.78 is 16.8. The van der Waals surface area contributed by atoms with E-state index in [0.29, 0.717) is 12.3 Å². The Morgan fingerprint density at radius 2 is 1.70 bits per heavy atom. The van der Waals surface area contributed by atoms with Gasteiger partial charge in [0, 0.05) is 12.3 Å². The van der Waals surface area contributed by atoms with E-state index in [1.54, 1.807) is 0 Å². The molecule has 0 aromatic rings. The van der Waals surface area contributed by atoms with Crippen LogP contribution in [-0.2, 0) is 9.09 Å². The maximum absolute atomic E-state index is 11.5. The van der Waals surface area contributed by atoms with E-state index in [2.05, 4.69) is 0 Å². The van der Waals surface area contributed by atoms with Crippen LogP contribution in [0.4, 0.5) is 0 Å². The van der Waals surface area contributed by atoms with Crippen LogP contribution in [0.3, 0.4) is 0 Å². The monoisotopic (exact) mass is 164 g/mol. The van der Waals surface area contributed by atoms with Crippen molar-refractivity contribution in [3.63, 3.8) is 0 Å². The molecule has 0 amide bonds. The van der Waals surface area contributed by atoms with Gasteiger partial charge in [-0.25, -0.2) is 0 Å². The fraction of sp³-hybridized carbons (Fsp3) is 1.00. The van der Waals surface area contributed by atoms with Crippen molar-refractivity contribution in [3.05, 3.63) is 0 Å². The first-order chi connectivity index (χ1) is 4.54. The summed E-state index contributed by atoms with van der Waals surface area (Å²) in [6.07, 6.45) is 1.40. The highest BCUT2D eigenvalue weighted by Crippen LogP contribution is 2.46. The van der Waals surface area contributed by atoms with Crippen molar-refractivity contribution in [2.75, 3.05) is 12.3 Å². The normalized spacial score (nSPS) is 12.5. The van der Waals surface area contributed by atoms with Gasteiger partial charge in [0.15, 0.2) is 0 Å². The van der Waals surface area contributed by atoms with Crippen LogP contribution in [0.1, 0.15) is 27.7 Å². The van der Waals surface area contributed by atoms with Gasteiger partial charge >= 0.3 is 0 Å². The molecule has 0 unspecified atom stereocenters. The van der Waals surface area contributed by atoms with Gasteiger partial charge in [0.1, 0.15) is 0 Å². The predicted octanol–water partition coefficient (Wildman–Crippen LogP) is 2.73. The van der Waals surface area contributed by atoms with Crippen molar-refractivity contribution in [3.8, 4) is 0 Å². The van der Waals surface area contributed by atoms with Gasteiger partial charge in [-0.1, -0.05) is 13.8 Å². The molecule has 0 bridgehead atoms. The van der Waals surface area contributed by atoms with E-state index in [1.165, 1.54) is 0 Å². The van der Waals surface area contributed by atoms with E-state index in [1.807, 2.05) is 27.7 Å². The van der Waals surface area contributed by atoms with Gasteiger partial charge in [-0.15, -0.1) is 0 Å². The van der Waals surface area contributed by atoms with Crippen LogP contribution in [0.15, 0.2) is 0 Å². The molecule has 2 nitrogen and oxygen atoms in total.